The van der Waals surface area contributed by atoms with Crippen molar-refractivity contribution in [3.63, 3.8) is 0 Å². The van der Waals surface area contributed by atoms with Gasteiger partial charge in [-0.25, -0.2) is 9.38 Å². The predicted molar refractivity (Wildman–Crippen MR) is 108 cm³/mol. The molecule has 0 amide bonds. The second-order valence-electron chi connectivity index (χ2n) is 5.75. The summed E-state index contributed by atoms with van der Waals surface area (Å²) in [6, 6.07) is 10.9. The number of nitrogens with zero attached hydrogens (tertiary/aromatic N) is 2. The van der Waals surface area contributed by atoms with Gasteiger partial charge in [-0.05, 0) is 35.9 Å². The maximum atomic E-state index is 12.9. The molecule has 2 heterocycles. The fraction of sp³-hybridized carbons (Fsp3) is 0.105. The van der Waals surface area contributed by atoms with Gasteiger partial charge in [-0.15, -0.1) is 0 Å². The number of aromatic nitrogens is 2. The van der Waals surface area contributed by atoms with E-state index in [1.165, 1.54) is 25.4 Å². The smallest absolute Gasteiger partial charge is 0.308 e. The van der Waals surface area contributed by atoms with Crippen molar-refractivity contribution >= 4 is 55.3 Å². The van der Waals surface area contributed by atoms with Crippen LogP contribution in [0.15, 0.2) is 45.7 Å². The molecular formula is C19H13BrN2O4S. The third-order valence-corrected chi connectivity index (χ3v) is 5.62. The molecule has 0 saturated heterocycles. The summed E-state index contributed by atoms with van der Waals surface area (Å²) in [4.78, 5) is 29.3. The number of carbonyl (C=O) groups is 1. The summed E-state index contributed by atoms with van der Waals surface area (Å²) in [5, 5.41) is 0. The highest BCUT2D eigenvalue weighted by atomic mass is 79.9. The molecule has 136 valence electrons. The lowest BCUT2D eigenvalue weighted by Gasteiger charge is -2.10. The molecule has 8 heteroatoms. The third-order valence-electron chi connectivity index (χ3n) is 3.97. The van der Waals surface area contributed by atoms with Crippen molar-refractivity contribution in [3.8, 4) is 11.5 Å². The molecule has 6 nitrogen and oxygen atoms in total. The van der Waals surface area contributed by atoms with Crippen molar-refractivity contribution in [2.75, 3.05) is 7.11 Å². The van der Waals surface area contributed by atoms with Crippen molar-refractivity contribution in [2.24, 2.45) is 0 Å². The minimum absolute atomic E-state index is 0.126. The van der Waals surface area contributed by atoms with Crippen LogP contribution in [0.5, 0.6) is 11.5 Å². The van der Waals surface area contributed by atoms with Crippen LogP contribution in [0.4, 0.5) is 0 Å². The molecule has 2 aromatic heterocycles. The Morgan fingerprint density at radius 3 is 2.78 bits per heavy atom. The molecule has 0 aliphatic rings. The van der Waals surface area contributed by atoms with Crippen molar-refractivity contribution in [3.05, 3.63) is 61.3 Å². The second kappa shape index (κ2) is 6.79. The maximum Gasteiger partial charge on any atom is 0.308 e. The van der Waals surface area contributed by atoms with Gasteiger partial charge in [0.15, 0.2) is 16.5 Å². The zero-order valence-corrected chi connectivity index (χ0v) is 16.8. The quantitative estimate of drug-likeness (QED) is 0.358. The SMILES string of the molecule is COc1cc(C=c2sc3nc4ccccc4n3c2=O)c(Br)cc1OC(C)=O. The number of thiazole rings is 1. The van der Waals surface area contributed by atoms with E-state index in [2.05, 4.69) is 20.9 Å². The van der Waals surface area contributed by atoms with Crippen LogP contribution in [0.2, 0.25) is 0 Å². The van der Waals surface area contributed by atoms with Gasteiger partial charge in [-0.1, -0.05) is 39.4 Å². The van der Waals surface area contributed by atoms with Gasteiger partial charge in [-0.2, -0.15) is 0 Å². The number of esters is 1. The Kier molecular flexibility index (Phi) is 4.45. The first kappa shape index (κ1) is 17.7. The normalized spacial score (nSPS) is 12.0. The van der Waals surface area contributed by atoms with Crippen LogP contribution in [0.1, 0.15) is 12.5 Å². The Morgan fingerprint density at radius 2 is 2.04 bits per heavy atom. The number of para-hydroxylation sites is 2. The summed E-state index contributed by atoms with van der Waals surface area (Å²) in [6.45, 7) is 1.32. The summed E-state index contributed by atoms with van der Waals surface area (Å²) in [5.41, 5.74) is 2.18. The lowest BCUT2D eigenvalue weighted by molar-refractivity contribution is -0.132. The summed E-state index contributed by atoms with van der Waals surface area (Å²) in [6.07, 6.45) is 1.76. The Morgan fingerprint density at radius 1 is 1.26 bits per heavy atom. The van der Waals surface area contributed by atoms with E-state index in [-0.39, 0.29) is 5.56 Å². The van der Waals surface area contributed by atoms with Gasteiger partial charge < -0.3 is 9.47 Å². The van der Waals surface area contributed by atoms with Gasteiger partial charge in [0.05, 0.1) is 22.7 Å². The van der Waals surface area contributed by atoms with Crippen LogP contribution in [-0.2, 0) is 4.79 Å². The Hall–Kier alpha value is -2.71. The molecule has 0 saturated carbocycles. The molecule has 4 aromatic rings. The van der Waals surface area contributed by atoms with Gasteiger partial charge in [0, 0.05) is 11.4 Å². The second-order valence-corrected chi connectivity index (χ2v) is 7.62. The zero-order valence-electron chi connectivity index (χ0n) is 14.4. The summed E-state index contributed by atoms with van der Waals surface area (Å²) in [7, 11) is 1.49. The molecule has 0 spiro atoms. The molecule has 0 atom stereocenters. The van der Waals surface area contributed by atoms with E-state index in [0.717, 1.165) is 16.6 Å². The zero-order chi connectivity index (χ0) is 19.1. The van der Waals surface area contributed by atoms with Gasteiger partial charge in [0.2, 0.25) is 0 Å². The predicted octanol–water partition coefficient (Wildman–Crippen LogP) is 3.15. The highest BCUT2D eigenvalue weighted by Crippen LogP contribution is 2.34. The van der Waals surface area contributed by atoms with Crippen LogP contribution in [0, 0.1) is 0 Å². The molecule has 27 heavy (non-hydrogen) atoms. The Bertz CT molecular complexity index is 1310. The molecular weight excluding hydrogens is 432 g/mol. The molecule has 0 radical (unpaired) electrons. The summed E-state index contributed by atoms with van der Waals surface area (Å²) in [5.74, 6) is 0.271. The van der Waals surface area contributed by atoms with Crippen LogP contribution < -0.4 is 19.6 Å². The number of methoxy groups -OCH3 is 1. The number of hydrogen-bond donors (Lipinski definition) is 0. The topological polar surface area (TPSA) is 69.9 Å². The number of imidazole rings is 1. The van der Waals surface area contributed by atoms with Gasteiger partial charge in [0.1, 0.15) is 0 Å². The van der Waals surface area contributed by atoms with E-state index in [9.17, 15) is 9.59 Å². The number of ether oxygens (including phenoxy) is 2. The average molecular weight is 445 g/mol. The Labute approximate surface area is 165 Å². The van der Waals surface area contributed by atoms with Crippen LogP contribution in [0.25, 0.3) is 22.1 Å². The lowest BCUT2D eigenvalue weighted by Crippen LogP contribution is -2.22. The third kappa shape index (κ3) is 3.11. The lowest BCUT2D eigenvalue weighted by atomic mass is 10.2. The first-order valence-electron chi connectivity index (χ1n) is 7.95. The van der Waals surface area contributed by atoms with E-state index in [1.54, 1.807) is 22.6 Å². The number of benzene rings is 2. The van der Waals surface area contributed by atoms with Crippen molar-refractivity contribution in [1.29, 1.82) is 0 Å². The number of hydrogen-bond acceptors (Lipinski definition) is 6. The first-order valence-corrected chi connectivity index (χ1v) is 9.56. The van der Waals surface area contributed by atoms with Crippen molar-refractivity contribution < 1.29 is 14.3 Å². The minimum atomic E-state index is -0.440. The molecule has 0 aliphatic heterocycles. The van der Waals surface area contributed by atoms with E-state index in [4.69, 9.17) is 9.47 Å². The summed E-state index contributed by atoms with van der Waals surface area (Å²) >= 11 is 4.78. The van der Waals surface area contributed by atoms with Crippen LogP contribution >= 0.6 is 27.3 Å². The molecule has 0 bridgehead atoms. The largest absolute Gasteiger partial charge is 0.493 e. The molecule has 0 unspecified atom stereocenters. The van der Waals surface area contributed by atoms with E-state index < -0.39 is 5.97 Å². The fourth-order valence-corrected chi connectivity index (χ4v) is 4.22. The number of fused-ring (bicyclic) bond motifs is 3. The van der Waals surface area contributed by atoms with E-state index in [1.807, 2.05) is 24.3 Å². The minimum Gasteiger partial charge on any atom is -0.493 e. The number of carbonyl (C=O) groups excluding carboxylic acids is 1. The molecule has 0 aliphatic carbocycles. The average Bonchev–Trinajstić information content (AvgIpc) is 3.13. The highest BCUT2D eigenvalue weighted by Gasteiger charge is 2.13. The summed E-state index contributed by atoms with van der Waals surface area (Å²) < 4.78 is 13.3. The fourth-order valence-electron chi connectivity index (χ4n) is 2.81. The Balaban J connectivity index is 1.90. The van der Waals surface area contributed by atoms with Crippen LogP contribution in [0.3, 0.4) is 0 Å². The van der Waals surface area contributed by atoms with Crippen molar-refractivity contribution in [2.45, 2.75) is 6.92 Å². The standard InChI is InChI=1S/C19H13BrN2O4S/c1-10(23)26-16-9-12(20)11(7-15(16)25-2)8-17-18(24)22-14-6-4-3-5-13(14)21-19(22)27-17/h3-9H,1-2H3. The van der Waals surface area contributed by atoms with E-state index >= 15 is 0 Å². The van der Waals surface area contributed by atoms with Crippen molar-refractivity contribution in [1.82, 2.24) is 9.38 Å². The maximum absolute atomic E-state index is 12.9. The number of rotatable bonds is 3. The highest BCUT2D eigenvalue weighted by molar-refractivity contribution is 9.10. The van der Waals surface area contributed by atoms with Gasteiger partial charge in [-0.3, -0.25) is 9.59 Å². The number of halogens is 1. The molecule has 0 fully saturated rings. The molecule has 4 rings (SSSR count). The van der Waals surface area contributed by atoms with Gasteiger partial charge in [0.25, 0.3) is 5.56 Å². The van der Waals surface area contributed by atoms with Gasteiger partial charge >= 0.3 is 5.97 Å². The monoisotopic (exact) mass is 444 g/mol. The van der Waals surface area contributed by atoms with Crippen LogP contribution in [-0.4, -0.2) is 22.5 Å². The molecule has 2 aromatic carbocycles. The first-order chi connectivity index (χ1) is 13.0. The molecule has 0 N–H and O–H groups in total. The van der Waals surface area contributed by atoms with E-state index in [0.29, 0.717) is 25.5 Å².